The van der Waals surface area contributed by atoms with Crippen molar-refractivity contribution in [3.05, 3.63) is 35.4 Å². The zero-order chi connectivity index (χ0) is 14.0. The second kappa shape index (κ2) is 5.30. The fourth-order valence-electron chi connectivity index (χ4n) is 2.36. The van der Waals surface area contributed by atoms with E-state index in [1.165, 1.54) is 11.1 Å². The van der Waals surface area contributed by atoms with Crippen LogP contribution >= 0.6 is 0 Å². The largest absolute Gasteiger partial charge is 0.351 e. The molecule has 0 saturated carbocycles. The van der Waals surface area contributed by atoms with E-state index in [0.717, 1.165) is 19.1 Å². The first-order chi connectivity index (χ1) is 8.85. The zero-order valence-electron chi connectivity index (χ0n) is 11.0. The van der Waals surface area contributed by atoms with Gasteiger partial charge in [0.2, 0.25) is 15.9 Å². The van der Waals surface area contributed by atoms with Crippen molar-refractivity contribution in [3.8, 4) is 0 Å². The molecule has 0 aliphatic heterocycles. The number of sulfonamides is 1. The zero-order valence-corrected chi connectivity index (χ0v) is 11.8. The van der Waals surface area contributed by atoms with Gasteiger partial charge in [-0.3, -0.25) is 4.79 Å². The molecule has 0 saturated heterocycles. The SMILES string of the molecule is C[C@@H](NS(C)(=O)=O)C(=O)NC1Cc2ccccc2C1. The first kappa shape index (κ1) is 14.0. The van der Waals surface area contributed by atoms with Gasteiger partial charge in [-0.15, -0.1) is 0 Å². The lowest BCUT2D eigenvalue weighted by Crippen LogP contribution is -2.48. The molecule has 5 nitrogen and oxygen atoms in total. The molecule has 6 heteroatoms. The van der Waals surface area contributed by atoms with E-state index in [2.05, 4.69) is 22.2 Å². The van der Waals surface area contributed by atoms with Gasteiger partial charge in [-0.05, 0) is 30.9 Å². The number of carbonyl (C=O) groups excluding carboxylic acids is 1. The molecule has 19 heavy (non-hydrogen) atoms. The van der Waals surface area contributed by atoms with Crippen LogP contribution in [0.2, 0.25) is 0 Å². The van der Waals surface area contributed by atoms with Crippen LogP contribution in [0.4, 0.5) is 0 Å². The third kappa shape index (κ3) is 3.78. The first-order valence-corrected chi connectivity index (χ1v) is 8.09. The van der Waals surface area contributed by atoms with Crippen LogP contribution in [0.25, 0.3) is 0 Å². The second-order valence-corrected chi connectivity index (χ2v) is 6.77. The lowest BCUT2D eigenvalue weighted by atomic mass is 10.1. The Bertz CT molecular complexity index is 558. The number of nitrogens with one attached hydrogen (secondary N) is 2. The van der Waals surface area contributed by atoms with Gasteiger partial charge in [0, 0.05) is 6.04 Å². The standard InChI is InChI=1S/C13H18N2O3S/c1-9(15-19(2,17)18)13(16)14-12-7-10-5-3-4-6-11(10)8-12/h3-6,9,12,15H,7-8H2,1-2H3,(H,14,16)/t9-/m1/s1. The van der Waals surface area contributed by atoms with Gasteiger partial charge in [-0.2, -0.15) is 0 Å². The molecule has 0 aromatic heterocycles. The Balaban J connectivity index is 1.92. The summed E-state index contributed by atoms with van der Waals surface area (Å²) in [5.41, 5.74) is 2.49. The number of benzene rings is 1. The number of amides is 1. The lowest BCUT2D eigenvalue weighted by molar-refractivity contribution is -0.123. The molecule has 1 aliphatic rings. The van der Waals surface area contributed by atoms with Crippen LogP contribution in [-0.2, 0) is 27.7 Å². The Morgan fingerprint density at radius 2 is 1.79 bits per heavy atom. The van der Waals surface area contributed by atoms with Crippen LogP contribution in [0.3, 0.4) is 0 Å². The highest BCUT2D eigenvalue weighted by atomic mass is 32.2. The van der Waals surface area contributed by atoms with E-state index < -0.39 is 16.1 Å². The Morgan fingerprint density at radius 3 is 2.26 bits per heavy atom. The second-order valence-electron chi connectivity index (χ2n) is 4.99. The summed E-state index contributed by atoms with van der Waals surface area (Å²) in [5.74, 6) is -0.289. The highest BCUT2D eigenvalue weighted by molar-refractivity contribution is 7.88. The van der Waals surface area contributed by atoms with E-state index in [4.69, 9.17) is 0 Å². The molecular formula is C13H18N2O3S. The quantitative estimate of drug-likeness (QED) is 0.829. The van der Waals surface area contributed by atoms with Gasteiger partial charge in [0.1, 0.15) is 0 Å². The average molecular weight is 282 g/mol. The van der Waals surface area contributed by atoms with E-state index in [1.807, 2.05) is 12.1 Å². The molecule has 1 aromatic rings. The highest BCUT2D eigenvalue weighted by Crippen LogP contribution is 2.21. The molecule has 0 heterocycles. The monoisotopic (exact) mass is 282 g/mol. The van der Waals surface area contributed by atoms with Gasteiger partial charge < -0.3 is 5.32 Å². The van der Waals surface area contributed by atoms with Crippen LogP contribution in [0.1, 0.15) is 18.1 Å². The molecule has 0 spiro atoms. The molecule has 0 bridgehead atoms. The lowest BCUT2D eigenvalue weighted by Gasteiger charge is -2.16. The molecular weight excluding hydrogens is 264 g/mol. The molecule has 0 fully saturated rings. The van der Waals surface area contributed by atoms with Crippen molar-refractivity contribution in [1.29, 1.82) is 0 Å². The summed E-state index contributed by atoms with van der Waals surface area (Å²) >= 11 is 0. The summed E-state index contributed by atoms with van der Waals surface area (Å²) in [6.45, 7) is 1.54. The molecule has 104 valence electrons. The maximum Gasteiger partial charge on any atom is 0.238 e. The fraction of sp³-hybridized carbons (Fsp3) is 0.462. The van der Waals surface area contributed by atoms with Crippen molar-refractivity contribution in [1.82, 2.24) is 10.0 Å². The topological polar surface area (TPSA) is 75.3 Å². The smallest absolute Gasteiger partial charge is 0.238 e. The number of fused-ring (bicyclic) bond motifs is 1. The van der Waals surface area contributed by atoms with Crippen LogP contribution < -0.4 is 10.0 Å². The Hall–Kier alpha value is -1.40. The third-order valence-electron chi connectivity index (χ3n) is 3.18. The van der Waals surface area contributed by atoms with Gasteiger partial charge in [0.25, 0.3) is 0 Å². The molecule has 1 amide bonds. The van der Waals surface area contributed by atoms with Crippen molar-refractivity contribution >= 4 is 15.9 Å². The maximum absolute atomic E-state index is 11.9. The minimum atomic E-state index is -3.37. The van der Waals surface area contributed by atoms with Crippen molar-refractivity contribution < 1.29 is 13.2 Å². The normalized spacial score (nSPS) is 16.9. The van der Waals surface area contributed by atoms with E-state index in [1.54, 1.807) is 6.92 Å². The molecule has 1 aliphatic carbocycles. The van der Waals surface area contributed by atoms with Gasteiger partial charge in [0.15, 0.2) is 0 Å². The van der Waals surface area contributed by atoms with Crippen LogP contribution in [0.5, 0.6) is 0 Å². The summed E-state index contributed by atoms with van der Waals surface area (Å²) in [5, 5.41) is 2.88. The Kier molecular flexibility index (Phi) is 3.91. The number of rotatable bonds is 4. The van der Waals surface area contributed by atoms with Crippen LogP contribution in [-0.4, -0.2) is 32.7 Å². The Labute approximate surface area is 113 Å². The first-order valence-electron chi connectivity index (χ1n) is 6.19. The molecule has 0 radical (unpaired) electrons. The fourth-order valence-corrected chi connectivity index (χ4v) is 3.11. The molecule has 2 rings (SSSR count). The average Bonchev–Trinajstić information content (AvgIpc) is 2.68. The molecule has 1 atom stereocenters. The third-order valence-corrected chi connectivity index (χ3v) is 3.96. The summed E-state index contributed by atoms with van der Waals surface area (Å²) < 4.78 is 24.4. The predicted octanol–water partition coefficient (Wildman–Crippen LogP) is 0.208. The predicted molar refractivity (Wildman–Crippen MR) is 73.2 cm³/mol. The number of hydrogen-bond donors (Lipinski definition) is 2. The van der Waals surface area contributed by atoms with Crippen molar-refractivity contribution in [2.45, 2.75) is 31.8 Å². The molecule has 1 aromatic carbocycles. The van der Waals surface area contributed by atoms with Crippen molar-refractivity contribution in [2.24, 2.45) is 0 Å². The van der Waals surface area contributed by atoms with Gasteiger partial charge in [-0.25, -0.2) is 13.1 Å². The van der Waals surface area contributed by atoms with Crippen LogP contribution in [0.15, 0.2) is 24.3 Å². The van der Waals surface area contributed by atoms with E-state index in [0.29, 0.717) is 0 Å². The summed E-state index contributed by atoms with van der Waals surface area (Å²) in [6, 6.07) is 7.38. The van der Waals surface area contributed by atoms with Gasteiger partial charge >= 0.3 is 0 Å². The van der Waals surface area contributed by atoms with Crippen molar-refractivity contribution in [2.75, 3.05) is 6.26 Å². The summed E-state index contributed by atoms with van der Waals surface area (Å²) in [4.78, 5) is 11.9. The summed E-state index contributed by atoms with van der Waals surface area (Å²) in [6.07, 6.45) is 2.64. The highest BCUT2D eigenvalue weighted by Gasteiger charge is 2.25. The molecule has 0 unspecified atom stereocenters. The summed E-state index contributed by atoms with van der Waals surface area (Å²) in [7, 11) is -3.37. The van der Waals surface area contributed by atoms with Crippen molar-refractivity contribution in [3.63, 3.8) is 0 Å². The number of hydrogen-bond acceptors (Lipinski definition) is 3. The van der Waals surface area contributed by atoms with Gasteiger partial charge in [-0.1, -0.05) is 24.3 Å². The van der Waals surface area contributed by atoms with Crippen LogP contribution in [0, 0.1) is 0 Å². The van der Waals surface area contributed by atoms with Gasteiger partial charge in [0.05, 0.1) is 12.3 Å². The molecule has 2 N–H and O–H groups in total. The minimum Gasteiger partial charge on any atom is -0.351 e. The van der Waals surface area contributed by atoms with E-state index in [9.17, 15) is 13.2 Å². The Morgan fingerprint density at radius 1 is 1.26 bits per heavy atom. The minimum absolute atomic E-state index is 0.0497. The van der Waals surface area contributed by atoms with E-state index in [-0.39, 0.29) is 11.9 Å². The maximum atomic E-state index is 11.9. The number of carbonyl (C=O) groups is 1. The van der Waals surface area contributed by atoms with E-state index >= 15 is 0 Å².